The maximum absolute atomic E-state index is 12.3. The Morgan fingerprint density at radius 2 is 1.81 bits per heavy atom. The molecule has 0 bridgehead atoms. The molecule has 1 amide bonds. The van der Waals surface area contributed by atoms with Crippen molar-refractivity contribution in [2.75, 3.05) is 11.4 Å². The van der Waals surface area contributed by atoms with Gasteiger partial charge in [-0.15, -0.1) is 0 Å². The quantitative estimate of drug-likeness (QED) is 0.843. The second-order valence-electron chi connectivity index (χ2n) is 6.28. The van der Waals surface area contributed by atoms with Crippen LogP contribution in [0.1, 0.15) is 44.1 Å². The van der Waals surface area contributed by atoms with Crippen LogP contribution in [-0.2, 0) is 11.3 Å². The lowest BCUT2D eigenvalue weighted by atomic mass is 10.2. The van der Waals surface area contributed by atoms with Gasteiger partial charge in [-0.3, -0.25) is 4.79 Å². The third-order valence-corrected chi connectivity index (χ3v) is 4.53. The maximum atomic E-state index is 12.3. The largest absolute Gasteiger partial charge is 0.359 e. The van der Waals surface area contributed by atoms with Crippen molar-refractivity contribution in [3.05, 3.63) is 29.8 Å². The summed E-state index contributed by atoms with van der Waals surface area (Å²) in [5.74, 6) is 0.164. The van der Waals surface area contributed by atoms with Crippen LogP contribution in [-0.4, -0.2) is 24.5 Å². The molecule has 0 saturated heterocycles. The summed E-state index contributed by atoms with van der Waals surface area (Å²) < 4.78 is 0. The number of hydrogen-bond acceptors (Lipinski definition) is 3. The number of carbonyl (C=O) groups excluding carboxylic acids is 1. The molecule has 0 unspecified atom stereocenters. The standard InChI is InChI=1S/C17H25N3O/c18-11-13-5-7-15(8-6-13)20(16-9-10-16)12-17(21)19-14-3-1-2-4-14/h5-8,14,16H,1-4,9-12,18H2,(H,19,21). The van der Waals surface area contributed by atoms with E-state index in [1.807, 2.05) is 0 Å². The molecule has 3 N–H and O–H groups in total. The molecule has 0 atom stereocenters. The van der Waals surface area contributed by atoms with Crippen LogP contribution in [0.4, 0.5) is 5.69 Å². The highest BCUT2D eigenvalue weighted by Crippen LogP contribution is 2.31. The van der Waals surface area contributed by atoms with E-state index in [4.69, 9.17) is 5.73 Å². The molecule has 1 aromatic rings. The summed E-state index contributed by atoms with van der Waals surface area (Å²) in [5, 5.41) is 3.18. The zero-order chi connectivity index (χ0) is 14.7. The first kappa shape index (κ1) is 14.4. The molecule has 2 aliphatic rings. The van der Waals surface area contributed by atoms with Gasteiger partial charge in [0.1, 0.15) is 0 Å². The van der Waals surface area contributed by atoms with Gasteiger partial charge in [0.25, 0.3) is 0 Å². The van der Waals surface area contributed by atoms with Crippen molar-refractivity contribution in [2.45, 2.75) is 57.2 Å². The average molecular weight is 287 g/mol. The van der Waals surface area contributed by atoms with Gasteiger partial charge in [-0.2, -0.15) is 0 Å². The van der Waals surface area contributed by atoms with Crippen molar-refractivity contribution in [1.29, 1.82) is 0 Å². The Hall–Kier alpha value is -1.55. The van der Waals surface area contributed by atoms with Crippen LogP contribution in [0.2, 0.25) is 0 Å². The molecule has 2 fully saturated rings. The van der Waals surface area contributed by atoms with Crippen molar-refractivity contribution in [3.8, 4) is 0 Å². The number of hydrogen-bond donors (Lipinski definition) is 2. The Morgan fingerprint density at radius 3 is 2.38 bits per heavy atom. The minimum atomic E-state index is 0.164. The molecular weight excluding hydrogens is 262 g/mol. The van der Waals surface area contributed by atoms with Crippen molar-refractivity contribution >= 4 is 11.6 Å². The normalized spacial score (nSPS) is 18.7. The van der Waals surface area contributed by atoms with Crippen LogP contribution in [0.5, 0.6) is 0 Å². The number of amides is 1. The van der Waals surface area contributed by atoms with Crippen molar-refractivity contribution in [2.24, 2.45) is 5.73 Å². The van der Waals surface area contributed by atoms with E-state index in [0.29, 0.717) is 25.2 Å². The monoisotopic (exact) mass is 287 g/mol. The molecule has 21 heavy (non-hydrogen) atoms. The lowest BCUT2D eigenvalue weighted by molar-refractivity contribution is -0.120. The lowest BCUT2D eigenvalue weighted by Crippen LogP contribution is -2.42. The Morgan fingerprint density at radius 1 is 1.14 bits per heavy atom. The van der Waals surface area contributed by atoms with E-state index in [9.17, 15) is 4.79 Å². The molecule has 4 nitrogen and oxygen atoms in total. The van der Waals surface area contributed by atoms with E-state index in [0.717, 1.165) is 24.1 Å². The molecule has 0 heterocycles. The van der Waals surface area contributed by atoms with Crippen molar-refractivity contribution in [1.82, 2.24) is 5.32 Å². The third kappa shape index (κ3) is 3.76. The van der Waals surface area contributed by atoms with Gasteiger partial charge in [0, 0.05) is 24.3 Å². The summed E-state index contributed by atoms with van der Waals surface area (Å²) in [6.45, 7) is 1.04. The van der Waals surface area contributed by atoms with Crippen LogP contribution in [0.15, 0.2) is 24.3 Å². The highest BCUT2D eigenvalue weighted by molar-refractivity contribution is 5.82. The smallest absolute Gasteiger partial charge is 0.239 e. The lowest BCUT2D eigenvalue weighted by Gasteiger charge is -2.25. The number of nitrogens with one attached hydrogen (secondary N) is 1. The minimum absolute atomic E-state index is 0.164. The van der Waals surface area contributed by atoms with E-state index >= 15 is 0 Å². The molecule has 2 aliphatic carbocycles. The number of nitrogens with zero attached hydrogens (tertiary/aromatic N) is 1. The van der Waals surface area contributed by atoms with Crippen molar-refractivity contribution < 1.29 is 4.79 Å². The summed E-state index contributed by atoms with van der Waals surface area (Å²) in [6, 6.07) is 9.22. The fourth-order valence-electron chi connectivity index (χ4n) is 3.14. The number of nitrogens with two attached hydrogens (primary N) is 1. The summed E-state index contributed by atoms with van der Waals surface area (Å²) in [4.78, 5) is 14.5. The highest BCUT2D eigenvalue weighted by Gasteiger charge is 2.31. The first-order valence-electron chi connectivity index (χ1n) is 8.11. The van der Waals surface area contributed by atoms with E-state index in [1.54, 1.807) is 0 Å². The van der Waals surface area contributed by atoms with Crippen molar-refractivity contribution in [3.63, 3.8) is 0 Å². The Bertz CT molecular complexity index is 475. The van der Waals surface area contributed by atoms with Crippen LogP contribution in [0.3, 0.4) is 0 Å². The molecule has 1 aromatic carbocycles. The molecular formula is C17H25N3O. The first-order chi connectivity index (χ1) is 10.3. The van der Waals surface area contributed by atoms with Gasteiger partial charge in [-0.05, 0) is 43.4 Å². The van der Waals surface area contributed by atoms with E-state index in [2.05, 4.69) is 34.5 Å². The predicted octanol–water partition coefficient (Wildman–Crippen LogP) is 2.17. The zero-order valence-electron chi connectivity index (χ0n) is 12.6. The van der Waals surface area contributed by atoms with E-state index < -0.39 is 0 Å². The van der Waals surface area contributed by atoms with Crippen LogP contribution in [0, 0.1) is 0 Å². The summed E-state index contributed by atoms with van der Waals surface area (Å²) in [5.41, 5.74) is 7.91. The fourth-order valence-corrected chi connectivity index (χ4v) is 3.14. The highest BCUT2D eigenvalue weighted by atomic mass is 16.2. The van der Waals surface area contributed by atoms with Gasteiger partial charge in [-0.1, -0.05) is 25.0 Å². The molecule has 4 heteroatoms. The number of rotatable bonds is 6. The molecule has 0 aromatic heterocycles. The molecule has 114 valence electrons. The second-order valence-corrected chi connectivity index (χ2v) is 6.28. The van der Waals surface area contributed by atoms with E-state index in [1.165, 1.54) is 25.7 Å². The SMILES string of the molecule is NCc1ccc(N(CC(=O)NC2CCCC2)C2CC2)cc1. The minimum Gasteiger partial charge on any atom is -0.359 e. The van der Waals surface area contributed by atoms with Gasteiger partial charge >= 0.3 is 0 Å². The number of carbonyl (C=O) groups is 1. The summed E-state index contributed by atoms with van der Waals surface area (Å²) >= 11 is 0. The van der Waals surface area contributed by atoms with Crippen LogP contribution in [0.25, 0.3) is 0 Å². The predicted molar refractivity (Wildman–Crippen MR) is 85.1 cm³/mol. The Kier molecular flexibility index (Phi) is 4.44. The first-order valence-corrected chi connectivity index (χ1v) is 8.11. The van der Waals surface area contributed by atoms with Gasteiger partial charge < -0.3 is 16.0 Å². The molecule has 0 spiro atoms. The van der Waals surface area contributed by atoms with E-state index in [-0.39, 0.29) is 5.91 Å². The fraction of sp³-hybridized carbons (Fsp3) is 0.588. The molecule has 3 rings (SSSR count). The van der Waals surface area contributed by atoms with Gasteiger partial charge in [0.15, 0.2) is 0 Å². The summed E-state index contributed by atoms with van der Waals surface area (Å²) in [6.07, 6.45) is 7.15. The number of benzene rings is 1. The van der Waals surface area contributed by atoms with Crippen LogP contribution >= 0.6 is 0 Å². The topological polar surface area (TPSA) is 58.4 Å². The third-order valence-electron chi connectivity index (χ3n) is 4.53. The van der Waals surface area contributed by atoms with Gasteiger partial charge in [0.2, 0.25) is 5.91 Å². The summed E-state index contributed by atoms with van der Waals surface area (Å²) in [7, 11) is 0. The average Bonchev–Trinajstić information content (AvgIpc) is 3.23. The zero-order valence-corrected chi connectivity index (χ0v) is 12.6. The maximum Gasteiger partial charge on any atom is 0.239 e. The number of anilines is 1. The molecule has 0 aliphatic heterocycles. The Balaban J connectivity index is 1.62. The Labute approximate surface area is 126 Å². The van der Waals surface area contributed by atoms with Crippen LogP contribution < -0.4 is 16.0 Å². The molecule has 2 saturated carbocycles. The molecule has 0 radical (unpaired) electrons. The van der Waals surface area contributed by atoms with Gasteiger partial charge in [-0.25, -0.2) is 0 Å². The second kappa shape index (κ2) is 6.48. The van der Waals surface area contributed by atoms with Gasteiger partial charge in [0.05, 0.1) is 6.54 Å².